The first-order valence-corrected chi connectivity index (χ1v) is 9.48. The molecule has 0 aliphatic heterocycles. The Morgan fingerprint density at radius 3 is 2.11 bits per heavy atom. The van der Waals surface area contributed by atoms with E-state index in [0.29, 0.717) is 0 Å². The van der Waals surface area contributed by atoms with E-state index >= 15 is 0 Å². The van der Waals surface area contributed by atoms with E-state index in [4.69, 9.17) is 0 Å². The Kier molecular flexibility index (Phi) is 4.19. The van der Waals surface area contributed by atoms with E-state index in [1.807, 2.05) is 12.3 Å². The van der Waals surface area contributed by atoms with Crippen LogP contribution in [0.2, 0.25) is 0 Å². The highest BCUT2D eigenvalue weighted by molar-refractivity contribution is 5.97. The molecule has 0 unspecified atom stereocenters. The topological polar surface area (TPSA) is 12.9 Å². The van der Waals surface area contributed by atoms with Crippen molar-refractivity contribution >= 4 is 10.8 Å². The van der Waals surface area contributed by atoms with Crippen LogP contribution >= 0.6 is 0 Å². The normalized spacial score (nSPS) is 10.9. The molecule has 1 heterocycles. The maximum atomic E-state index is 4.65. The molecule has 0 aliphatic rings. The highest BCUT2D eigenvalue weighted by Crippen LogP contribution is 2.31. The standard InChI is InChI=1S/C27H19N/c1-2-8-20(9-3-1)22-12-6-13-24(18-22)27-19-23(16-17-28-27)26-15-7-11-21-10-4-5-14-25(21)26/h1-19H. The van der Waals surface area contributed by atoms with Gasteiger partial charge in [-0.25, -0.2) is 0 Å². The number of fused-ring (bicyclic) bond motifs is 1. The Labute approximate surface area is 165 Å². The molecule has 1 aromatic heterocycles. The van der Waals surface area contributed by atoms with Crippen LogP contribution in [0.4, 0.5) is 0 Å². The van der Waals surface area contributed by atoms with E-state index in [2.05, 4.69) is 108 Å². The van der Waals surface area contributed by atoms with Crippen molar-refractivity contribution in [2.24, 2.45) is 0 Å². The molecule has 0 saturated heterocycles. The Balaban J connectivity index is 1.60. The summed E-state index contributed by atoms with van der Waals surface area (Å²) in [5.74, 6) is 0. The minimum Gasteiger partial charge on any atom is -0.256 e. The molecule has 5 rings (SSSR count). The number of rotatable bonds is 3. The zero-order valence-corrected chi connectivity index (χ0v) is 15.4. The van der Waals surface area contributed by atoms with Gasteiger partial charge in [0.05, 0.1) is 5.69 Å². The molecule has 0 atom stereocenters. The molecular formula is C27H19N. The van der Waals surface area contributed by atoms with Crippen LogP contribution in [0.3, 0.4) is 0 Å². The first kappa shape index (κ1) is 16.5. The van der Waals surface area contributed by atoms with Gasteiger partial charge in [-0.2, -0.15) is 0 Å². The zero-order chi connectivity index (χ0) is 18.8. The lowest BCUT2D eigenvalue weighted by Crippen LogP contribution is -1.87. The van der Waals surface area contributed by atoms with Crippen molar-refractivity contribution in [3.05, 3.63) is 115 Å². The lowest BCUT2D eigenvalue weighted by Gasteiger charge is -2.10. The molecule has 0 spiro atoms. The fourth-order valence-electron chi connectivity index (χ4n) is 3.72. The number of nitrogens with zero attached hydrogens (tertiary/aromatic N) is 1. The monoisotopic (exact) mass is 357 g/mol. The van der Waals surface area contributed by atoms with E-state index in [-0.39, 0.29) is 0 Å². The van der Waals surface area contributed by atoms with Crippen molar-refractivity contribution in [1.29, 1.82) is 0 Å². The van der Waals surface area contributed by atoms with Gasteiger partial charge in [-0.15, -0.1) is 0 Å². The molecule has 0 N–H and O–H groups in total. The second-order valence-electron chi connectivity index (χ2n) is 6.90. The average molecular weight is 357 g/mol. The number of aromatic nitrogens is 1. The smallest absolute Gasteiger partial charge is 0.0708 e. The minimum absolute atomic E-state index is 0.989. The summed E-state index contributed by atoms with van der Waals surface area (Å²) in [6.45, 7) is 0. The maximum Gasteiger partial charge on any atom is 0.0708 e. The molecule has 0 fully saturated rings. The Morgan fingerprint density at radius 1 is 0.464 bits per heavy atom. The minimum atomic E-state index is 0.989. The summed E-state index contributed by atoms with van der Waals surface area (Å²) >= 11 is 0. The summed E-state index contributed by atoms with van der Waals surface area (Å²) in [5, 5.41) is 2.52. The van der Waals surface area contributed by atoms with E-state index in [0.717, 1.165) is 11.3 Å². The van der Waals surface area contributed by atoms with Crippen LogP contribution < -0.4 is 0 Å². The van der Waals surface area contributed by atoms with Crippen LogP contribution in [0, 0.1) is 0 Å². The number of hydrogen-bond acceptors (Lipinski definition) is 1. The van der Waals surface area contributed by atoms with E-state index in [1.165, 1.54) is 33.0 Å². The second kappa shape index (κ2) is 7.13. The van der Waals surface area contributed by atoms with Gasteiger partial charge in [0.1, 0.15) is 0 Å². The Hall–Kier alpha value is -3.71. The molecule has 4 aromatic carbocycles. The summed E-state index contributed by atoms with van der Waals surface area (Å²) < 4.78 is 0. The van der Waals surface area contributed by atoms with Crippen molar-refractivity contribution in [2.75, 3.05) is 0 Å². The second-order valence-corrected chi connectivity index (χ2v) is 6.90. The predicted octanol–water partition coefficient (Wildman–Crippen LogP) is 7.24. The molecular weight excluding hydrogens is 338 g/mol. The molecule has 5 aromatic rings. The summed E-state index contributed by atoms with van der Waals surface area (Å²) in [6, 6.07) is 38.3. The first-order chi connectivity index (χ1) is 13.9. The fourth-order valence-corrected chi connectivity index (χ4v) is 3.72. The highest BCUT2D eigenvalue weighted by atomic mass is 14.7. The van der Waals surface area contributed by atoms with E-state index < -0.39 is 0 Å². The molecule has 0 saturated carbocycles. The van der Waals surface area contributed by atoms with Gasteiger partial charge in [0.25, 0.3) is 0 Å². The molecule has 0 radical (unpaired) electrons. The number of benzene rings is 4. The largest absolute Gasteiger partial charge is 0.256 e. The number of pyridine rings is 1. The summed E-state index contributed by atoms with van der Waals surface area (Å²) in [4.78, 5) is 4.65. The van der Waals surface area contributed by atoms with E-state index in [1.54, 1.807) is 0 Å². The van der Waals surface area contributed by atoms with Crippen molar-refractivity contribution in [2.45, 2.75) is 0 Å². The molecule has 28 heavy (non-hydrogen) atoms. The van der Waals surface area contributed by atoms with Gasteiger partial charge in [0.2, 0.25) is 0 Å². The summed E-state index contributed by atoms with van der Waals surface area (Å²) in [7, 11) is 0. The lowest BCUT2D eigenvalue weighted by atomic mass is 9.97. The van der Waals surface area contributed by atoms with Gasteiger partial charge in [0.15, 0.2) is 0 Å². The quantitative estimate of drug-likeness (QED) is 0.332. The predicted molar refractivity (Wildman–Crippen MR) is 118 cm³/mol. The fraction of sp³-hybridized carbons (Fsp3) is 0. The van der Waals surface area contributed by atoms with Crippen LogP contribution in [-0.4, -0.2) is 4.98 Å². The summed E-state index contributed by atoms with van der Waals surface area (Å²) in [5.41, 5.74) is 6.96. The molecule has 0 amide bonds. The lowest BCUT2D eigenvalue weighted by molar-refractivity contribution is 1.33. The molecule has 1 nitrogen and oxygen atoms in total. The van der Waals surface area contributed by atoms with Gasteiger partial charge in [-0.1, -0.05) is 91.0 Å². The SMILES string of the molecule is c1ccc(-c2cccc(-c3cc(-c4cccc5ccccc45)ccn3)c2)cc1. The van der Waals surface area contributed by atoms with Crippen molar-refractivity contribution in [1.82, 2.24) is 4.98 Å². The number of hydrogen-bond donors (Lipinski definition) is 0. The highest BCUT2D eigenvalue weighted by Gasteiger charge is 2.07. The van der Waals surface area contributed by atoms with Crippen LogP contribution in [0.1, 0.15) is 0 Å². The van der Waals surface area contributed by atoms with Crippen LogP contribution in [0.25, 0.3) is 44.3 Å². The van der Waals surface area contributed by atoms with Gasteiger partial charge in [-0.3, -0.25) is 4.98 Å². The average Bonchev–Trinajstić information content (AvgIpc) is 2.79. The maximum absolute atomic E-state index is 4.65. The van der Waals surface area contributed by atoms with Crippen LogP contribution in [-0.2, 0) is 0 Å². The van der Waals surface area contributed by atoms with Gasteiger partial charge in [-0.05, 0) is 51.2 Å². The molecule has 132 valence electrons. The van der Waals surface area contributed by atoms with Gasteiger partial charge < -0.3 is 0 Å². The van der Waals surface area contributed by atoms with Crippen LogP contribution in [0.5, 0.6) is 0 Å². The zero-order valence-electron chi connectivity index (χ0n) is 15.4. The molecule has 0 bridgehead atoms. The third-order valence-electron chi connectivity index (χ3n) is 5.13. The van der Waals surface area contributed by atoms with Crippen molar-refractivity contribution < 1.29 is 0 Å². The Bertz CT molecular complexity index is 1250. The molecule has 0 aliphatic carbocycles. The Morgan fingerprint density at radius 2 is 1.18 bits per heavy atom. The van der Waals surface area contributed by atoms with Gasteiger partial charge in [0, 0.05) is 11.8 Å². The van der Waals surface area contributed by atoms with E-state index in [9.17, 15) is 0 Å². The van der Waals surface area contributed by atoms with Crippen LogP contribution in [0.15, 0.2) is 115 Å². The van der Waals surface area contributed by atoms with Crippen molar-refractivity contribution in [3.63, 3.8) is 0 Å². The third kappa shape index (κ3) is 3.08. The molecule has 1 heteroatoms. The summed E-state index contributed by atoms with van der Waals surface area (Å²) in [6.07, 6.45) is 1.90. The van der Waals surface area contributed by atoms with Crippen molar-refractivity contribution in [3.8, 4) is 33.5 Å². The third-order valence-corrected chi connectivity index (χ3v) is 5.13. The van der Waals surface area contributed by atoms with Gasteiger partial charge >= 0.3 is 0 Å². The first-order valence-electron chi connectivity index (χ1n) is 9.48.